The fourth-order valence-electron chi connectivity index (χ4n) is 6.13. The molecule has 0 amide bonds. The van der Waals surface area contributed by atoms with E-state index in [0.717, 1.165) is 6.42 Å². The highest BCUT2D eigenvalue weighted by Gasteiger charge is 2.54. The molecule has 2 aliphatic heterocycles. The molecule has 8 atom stereocenters. The molecule has 4 aliphatic rings. The van der Waals surface area contributed by atoms with E-state index in [0.29, 0.717) is 35.8 Å². The summed E-state index contributed by atoms with van der Waals surface area (Å²) in [4.78, 5) is 14.8. The number of hydrogen-bond acceptors (Lipinski definition) is 3. The van der Waals surface area contributed by atoms with Crippen LogP contribution in [0.25, 0.3) is 0 Å². The molecule has 0 aromatic carbocycles. The van der Waals surface area contributed by atoms with Gasteiger partial charge in [-0.05, 0) is 64.8 Å². The van der Waals surface area contributed by atoms with E-state index >= 15 is 0 Å². The molecule has 1 unspecified atom stereocenters. The van der Waals surface area contributed by atoms with E-state index in [2.05, 4.69) is 37.6 Å². The molecular formula is C22H33NO2. The lowest BCUT2D eigenvalue weighted by molar-refractivity contribution is -0.144. The number of nitrogens with zero attached hydrogens (tertiary/aromatic N) is 1. The van der Waals surface area contributed by atoms with Crippen LogP contribution in [0.1, 0.15) is 65.2 Å². The van der Waals surface area contributed by atoms with E-state index in [1.54, 1.807) is 0 Å². The molecule has 3 heteroatoms. The summed E-state index contributed by atoms with van der Waals surface area (Å²) in [6.07, 6.45) is 10.1. The van der Waals surface area contributed by atoms with E-state index < -0.39 is 0 Å². The second kappa shape index (κ2) is 6.95. The maximum atomic E-state index is 12.4. The second-order valence-electron chi connectivity index (χ2n) is 9.05. The van der Waals surface area contributed by atoms with Crippen molar-refractivity contribution < 1.29 is 9.53 Å². The summed E-state index contributed by atoms with van der Waals surface area (Å²) in [7, 11) is 2.22. The highest BCUT2D eigenvalue weighted by Crippen LogP contribution is 2.52. The first kappa shape index (κ1) is 17.4. The molecule has 0 N–H and O–H groups in total. The van der Waals surface area contributed by atoms with E-state index in [-0.39, 0.29) is 18.0 Å². The standard InChI is InChI=1S/C22H33NO2/c1-14-7-6-9-17(23(14)3)11-12-19-18-10-5-4-8-16(18)13-20-21(19)15(2)25-22(20)24/h14-21H,4-10,13H2,1-3H3/t14-,15?,16+,17+,18-,19+,20-,21+/m0/s1. The molecule has 2 saturated heterocycles. The Morgan fingerprint density at radius 1 is 1.04 bits per heavy atom. The van der Waals surface area contributed by atoms with Crippen LogP contribution in [0.4, 0.5) is 0 Å². The third-order valence-electron chi connectivity index (χ3n) is 7.71. The topological polar surface area (TPSA) is 29.5 Å². The van der Waals surface area contributed by atoms with Crippen LogP contribution < -0.4 is 0 Å². The van der Waals surface area contributed by atoms with Crippen molar-refractivity contribution in [2.45, 2.75) is 83.4 Å². The van der Waals surface area contributed by atoms with Gasteiger partial charge in [0, 0.05) is 17.9 Å². The number of fused-ring (bicyclic) bond motifs is 2. The molecule has 2 heterocycles. The van der Waals surface area contributed by atoms with Crippen molar-refractivity contribution in [3.05, 3.63) is 0 Å². The van der Waals surface area contributed by atoms with Gasteiger partial charge in [-0.1, -0.05) is 31.1 Å². The molecule has 0 spiro atoms. The monoisotopic (exact) mass is 343 g/mol. The predicted octanol–water partition coefficient (Wildman–Crippen LogP) is 3.87. The van der Waals surface area contributed by atoms with Crippen LogP contribution in [-0.2, 0) is 9.53 Å². The first-order chi connectivity index (χ1) is 12.1. The summed E-state index contributed by atoms with van der Waals surface area (Å²) >= 11 is 0. The first-order valence-electron chi connectivity index (χ1n) is 10.5. The Balaban J connectivity index is 1.60. The summed E-state index contributed by atoms with van der Waals surface area (Å²) < 4.78 is 5.66. The minimum atomic E-state index is 0.0442. The fraction of sp³-hybridized carbons (Fsp3) is 0.864. The van der Waals surface area contributed by atoms with Gasteiger partial charge < -0.3 is 4.74 Å². The van der Waals surface area contributed by atoms with Gasteiger partial charge >= 0.3 is 5.97 Å². The van der Waals surface area contributed by atoms with Crippen molar-refractivity contribution in [1.29, 1.82) is 0 Å². The molecule has 2 saturated carbocycles. The largest absolute Gasteiger partial charge is 0.462 e. The van der Waals surface area contributed by atoms with Gasteiger partial charge in [0.15, 0.2) is 0 Å². The van der Waals surface area contributed by atoms with E-state index in [4.69, 9.17) is 4.74 Å². The molecule has 138 valence electrons. The molecule has 2 aliphatic carbocycles. The summed E-state index contributed by atoms with van der Waals surface area (Å²) in [5, 5.41) is 0. The number of carbonyl (C=O) groups is 1. The normalized spacial score (nSPS) is 47.2. The number of carbonyl (C=O) groups excluding carboxylic acids is 1. The Hall–Kier alpha value is -1.01. The quantitative estimate of drug-likeness (QED) is 0.494. The van der Waals surface area contributed by atoms with Crippen molar-refractivity contribution >= 4 is 5.97 Å². The van der Waals surface area contributed by atoms with Crippen molar-refractivity contribution in [2.24, 2.45) is 29.6 Å². The zero-order valence-electron chi connectivity index (χ0n) is 16.0. The fourth-order valence-corrected chi connectivity index (χ4v) is 6.13. The van der Waals surface area contributed by atoms with Crippen molar-refractivity contribution in [1.82, 2.24) is 4.90 Å². The van der Waals surface area contributed by atoms with Crippen LogP contribution in [0, 0.1) is 41.4 Å². The lowest BCUT2D eigenvalue weighted by Gasteiger charge is -2.44. The molecule has 0 aromatic rings. The zero-order valence-corrected chi connectivity index (χ0v) is 16.0. The number of hydrogen-bond donors (Lipinski definition) is 0. The van der Waals surface area contributed by atoms with Crippen LogP contribution in [0.2, 0.25) is 0 Å². The smallest absolute Gasteiger partial charge is 0.309 e. The number of esters is 1. The van der Waals surface area contributed by atoms with Crippen molar-refractivity contribution in [2.75, 3.05) is 7.05 Å². The van der Waals surface area contributed by atoms with Crippen molar-refractivity contribution in [3.63, 3.8) is 0 Å². The molecule has 0 bridgehead atoms. The maximum Gasteiger partial charge on any atom is 0.309 e. The minimum Gasteiger partial charge on any atom is -0.462 e. The SMILES string of the molecule is CC1OC(=O)[C@H]2C[C@H]3CCCC[C@@H]3[C@@H](C#C[C@H]3CCC[C@H](C)N3C)[C@@H]12. The number of rotatable bonds is 0. The second-order valence-corrected chi connectivity index (χ2v) is 9.05. The highest BCUT2D eigenvalue weighted by atomic mass is 16.6. The Kier molecular flexibility index (Phi) is 4.84. The Morgan fingerprint density at radius 3 is 2.68 bits per heavy atom. The molecule has 0 radical (unpaired) electrons. The predicted molar refractivity (Wildman–Crippen MR) is 98.7 cm³/mol. The van der Waals surface area contributed by atoms with E-state index in [1.807, 2.05) is 0 Å². The lowest BCUT2D eigenvalue weighted by Crippen LogP contribution is -2.44. The van der Waals surface area contributed by atoms with Gasteiger partial charge in [0.05, 0.1) is 12.0 Å². The lowest BCUT2D eigenvalue weighted by atomic mass is 9.57. The van der Waals surface area contributed by atoms with Crippen LogP contribution in [-0.4, -0.2) is 36.1 Å². The number of piperidine rings is 1. The third-order valence-corrected chi connectivity index (χ3v) is 7.71. The third kappa shape index (κ3) is 3.12. The van der Waals surface area contributed by atoms with Gasteiger partial charge in [-0.2, -0.15) is 0 Å². The van der Waals surface area contributed by atoms with E-state index in [9.17, 15) is 4.79 Å². The average Bonchev–Trinajstić information content (AvgIpc) is 2.89. The van der Waals surface area contributed by atoms with Gasteiger partial charge in [-0.15, -0.1) is 0 Å². The molecule has 3 nitrogen and oxygen atoms in total. The summed E-state index contributed by atoms with van der Waals surface area (Å²) in [6, 6.07) is 1.02. The van der Waals surface area contributed by atoms with Crippen LogP contribution in [0.5, 0.6) is 0 Å². The summed E-state index contributed by atoms with van der Waals surface area (Å²) in [6.45, 7) is 4.41. The summed E-state index contributed by atoms with van der Waals surface area (Å²) in [5.41, 5.74) is 0. The zero-order chi connectivity index (χ0) is 17.6. The van der Waals surface area contributed by atoms with Gasteiger partial charge in [-0.3, -0.25) is 9.69 Å². The number of likely N-dealkylation sites (tertiary alicyclic amines) is 1. The summed E-state index contributed by atoms with van der Waals surface area (Å²) in [5.74, 6) is 9.62. The molecule has 4 rings (SSSR count). The van der Waals surface area contributed by atoms with Crippen molar-refractivity contribution in [3.8, 4) is 11.8 Å². The molecule has 25 heavy (non-hydrogen) atoms. The van der Waals surface area contributed by atoms with Crippen LogP contribution >= 0.6 is 0 Å². The Morgan fingerprint density at radius 2 is 1.84 bits per heavy atom. The molecular weight excluding hydrogens is 310 g/mol. The minimum absolute atomic E-state index is 0.0442. The molecule has 4 fully saturated rings. The first-order valence-corrected chi connectivity index (χ1v) is 10.5. The number of ether oxygens (including phenoxy) is 1. The van der Waals surface area contributed by atoms with Gasteiger partial charge in [0.1, 0.15) is 6.10 Å². The van der Waals surface area contributed by atoms with Crippen LogP contribution in [0.3, 0.4) is 0 Å². The van der Waals surface area contributed by atoms with Gasteiger partial charge in [0.2, 0.25) is 0 Å². The van der Waals surface area contributed by atoms with E-state index in [1.165, 1.54) is 44.9 Å². The van der Waals surface area contributed by atoms with Gasteiger partial charge in [-0.25, -0.2) is 0 Å². The van der Waals surface area contributed by atoms with Gasteiger partial charge in [0.25, 0.3) is 0 Å². The Bertz CT molecular complexity index is 576. The van der Waals surface area contributed by atoms with Crippen LogP contribution in [0.15, 0.2) is 0 Å². The maximum absolute atomic E-state index is 12.4. The average molecular weight is 344 g/mol. The Labute approximate surface area is 152 Å². The molecule has 0 aromatic heterocycles. The highest BCUT2D eigenvalue weighted by molar-refractivity contribution is 5.75. The number of cyclic esters (lactones) is 1.